The summed E-state index contributed by atoms with van der Waals surface area (Å²) < 4.78 is 5.16. The molecule has 7 heteroatoms. The van der Waals surface area contributed by atoms with Crippen LogP contribution in [0.25, 0.3) is 0 Å². The minimum Gasteiger partial charge on any atom is -0.454 e. The molecule has 1 saturated carbocycles. The Morgan fingerprint density at radius 3 is 2.46 bits per heavy atom. The number of benzene rings is 1. The van der Waals surface area contributed by atoms with Gasteiger partial charge in [-0.3, -0.25) is 9.59 Å². The van der Waals surface area contributed by atoms with E-state index in [9.17, 15) is 19.6 Å². The summed E-state index contributed by atoms with van der Waals surface area (Å²) in [7, 11) is 0. The molecule has 0 aliphatic heterocycles. The Labute approximate surface area is 170 Å². The highest BCUT2D eigenvalue weighted by atomic mass is 32.2. The number of carbonyl (C=O) groups is 3. The molecule has 1 fully saturated rings. The van der Waals surface area contributed by atoms with Crippen LogP contribution in [0.2, 0.25) is 0 Å². The quantitative estimate of drug-likeness (QED) is 0.554. The van der Waals surface area contributed by atoms with E-state index in [1.165, 1.54) is 11.8 Å². The Morgan fingerprint density at radius 1 is 1.21 bits per heavy atom. The monoisotopic (exact) mass is 402 g/mol. The van der Waals surface area contributed by atoms with Crippen molar-refractivity contribution in [2.45, 2.75) is 56.9 Å². The molecule has 0 bridgehead atoms. The van der Waals surface area contributed by atoms with Gasteiger partial charge in [0.15, 0.2) is 12.4 Å². The fourth-order valence-electron chi connectivity index (χ4n) is 2.88. The maximum absolute atomic E-state index is 12.4. The zero-order chi connectivity index (χ0) is 20.8. The van der Waals surface area contributed by atoms with Crippen molar-refractivity contribution < 1.29 is 19.1 Å². The van der Waals surface area contributed by atoms with Gasteiger partial charge in [-0.1, -0.05) is 32.9 Å². The first-order valence-electron chi connectivity index (χ1n) is 9.31. The van der Waals surface area contributed by atoms with Gasteiger partial charge in [-0.05, 0) is 37.8 Å². The summed E-state index contributed by atoms with van der Waals surface area (Å²) in [5, 5.41) is 12.2. The minimum absolute atomic E-state index is 0.0919. The number of hydrogen-bond donors (Lipinski definition) is 1. The Morgan fingerprint density at radius 2 is 1.86 bits per heavy atom. The topological polar surface area (TPSA) is 96.3 Å². The molecule has 0 atom stereocenters. The van der Waals surface area contributed by atoms with Gasteiger partial charge in [0.2, 0.25) is 5.91 Å². The Kier molecular flexibility index (Phi) is 7.25. The van der Waals surface area contributed by atoms with Crippen LogP contribution in [0, 0.1) is 16.7 Å². The predicted octanol–water partition coefficient (Wildman–Crippen LogP) is 3.50. The fourth-order valence-corrected chi connectivity index (χ4v) is 3.72. The normalized spacial score (nSPS) is 15.5. The molecule has 150 valence electrons. The van der Waals surface area contributed by atoms with E-state index in [1.54, 1.807) is 45.0 Å². The number of rotatable bonds is 7. The number of nitrogens with one attached hydrogen (secondary N) is 1. The second-order valence-corrected chi connectivity index (χ2v) is 9.00. The van der Waals surface area contributed by atoms with Crippen molar-refractivity contribution >= 4 is 29.4 Å². The van der Waals surface area contributed by atoms with Gasteiger partial charge in [0.1, 0.15) is 5.54 Å². The van der Waals surface area contributed by atoms with Crippen molar-refractivity contribution in [3.05, 3.63) is 29.8 Å². The molecule has 28 heavy (non-hydrogen) atoms. The maximum Gasteiger partial charge on any atom is 0.339 e. The summed E-state index contributed by atoms with van der Waals surface area (Å²) in [5.74, 6) is -0.900. The highest BCUT2D eigenvalue weighted by molar-refractivity contribution is 8.00. The number of esters is 1. The largest absolute Gasteiger partial charge is 0.454 e. The van der Waals surface area contributed by atoms with E-state index < -0.39 is 16.9 Å². The summed E-state index contributed by atoms with van der Waals surface area (Å²) >= 11 is 1.21. The summed E-state index contributed by atoms with van der Waals surface area (Å²) in [6.45, 7) is 5.02. The standard InChI is InChI=1S/C21H26N2O4S/c1-20(2,3)17(24)12-27-19(26)15-8-4-5-9-16(15)28-13-18(25)23-21(14-22)10-6-7-11-21/h4-5,8-9H,6-7,10-13H2,1-3H3,(H,23,25). The van der Waals surface area contributed by atoms with E-state index in [4.69, 9.17) is 4.74 Å². The van der Waals surface area contributed by atoms with E-state index in [0.717, 1.165) is 12.8 Å². The molecule has 1 N–H and O–H groups in total. The van der Waals surface area contributed by atoms with E-state index in [0.29, 0.717) is 23.3 Å². The van der Waals surface area contributed by atoms with Crippen molar-refractivity contribution in [1.82, 2.24) is 5.32 Å². The van der Waals surface area contributed by atoms with E-state index >= 15 is 0 Å². The number of Topliss-reactive ketones (excluding diaryl/α,β-unsaturated/α-hetero) is 1. The molecule has 1 aromatic rings. The van der Waals surface area contributed by atoms with E-state index in [2.05, 4.69) is 11.4 Å². The molecule has 1 aromatic carbocycles. The molecule has 0 aromatic heterocycles. The zero-order valence-corrected chi connectivity index (χ0v) is 17.4. The fraction of sp³-hybridized carbons (Fsp3) is 0.524. The molecule has 2 rings (SSSR count). The number of nitriles is 1. The molecule has 0 saturated heterocycles. The molecule has 6 nitrogen and oxygen atoms in total. The second kappa shape index (κ2) is 9.24. The second-order valence-electron chi connectivity index (χ2n) is 7.98. The third kappa shape index (κ3) is 5.83. The van der Waals surface area contributed by atoms with Crippen molar-refractivity contribution in [1.29, 1.82) is 5.26 Å². The van der Waals surface area contributed by atoms with Crippen LogP contribution in [-0.4, -0.2) is 35.6 Å². The van der Waals surface area contributed by atoms with Crippen LogP contribution in [0.4, 0.5) is 0 Å². The molecule has 0 radical (unpaired) electrons. The van der Waals surface area contributed by atoms with Gasteiger partial charge in [-0.2, -0.15) is 5.26 Å². The maximum atomic E-state index is 12.4. The molecule has 0 spiro atoms. The molecule has 0 unspecified atom stereocenters. The van der Waals surface area contributed by atoms with Crippen LogP contribution < -0.4 is 5.32 Å². The summed E-state index contributed by atoms with van der Waals surface area (Å²) in [6.07, 6.45) is 3.21. The Hall–Kier alpha value is -2.33. The summed E-state index contributed by atoms with van der Waals surface area (Å²) in [6, 6.07) is 9.04. The Balaban J connectivity index is 1.96. The molecular formula is C21H26N2O4S. The predicted molar refractivity (Wildman–Crippen MR) is 107 cm³/mol. The van der Waals surface area contributed by atoms with Crippen LogP contribution >= 0.6 is 11.8 Å². The Bertz CT molecular complexity index is 786. The molecule has 1 aliphatic carbocycles. The number of amides is 1. The van der Waals surface area contributed by atoms with Crippen LogP contribution in [0.15, 0.2) is 29.2 Å². The first-order chi connectivity index (χ1) is 13.2. The van der Waals surface area contributed by atoms with Gasteiger partial charge >= 0.3 is 5.97 Å². The smallest absolute Gasteiger partial charge is 0.339 e. The number of carbonyl (C=O) groups excluding carboxylic acids is 3. The average Bonchev–Trinajstić information content (AvgIpc) is 3.12. The SMILES string of the molecule is CC(C)(C)C(=O)COC(=O)c1ccccc1SCC(=O)NC1(C#N)CCCC1. The van der Waals surface area contributed by atoms with Crippen molar-refractivity contribution in [2.24, 2.45) is 5.41 Å². The third-order valence-electron chi connectivity index (χ3n) is 4.69. The van der Waals surface area contributed by atoms with Crippen molar-refractivity contribution in [3.63, 3.8) is 0 Å². The molecule has 0 heterocycles. The first kappa shape index (κ1) is 22.0. The van der Waals surface area contributed by atoms with E-state index in [1.807, 2.05) is 0 Å². The van der Waals surface area contributed by atoms with Gasteiger partial charge < -0.3 is 10.1 Å². The molecule has 1 amide bonds. The first-order valence-corrected chi connectivity index (χ1v) is 10.3. The van der Waals surface area contributed by atoms with Gasteiger partial charge in [-0.25, -0.2) is 4.79 Å². The van der Waals surface area contributed by atoms with Gasteiger partial charge in [0.25, 0.3) is 0 Å². The van der Waals surface area contributed by atoms with Crippen LogP contribution in [0.1, 0.15) is 56.8 Å². The number of hydrogen-bond acceptors (Lipinski definition) is 6. The lowest BCUT2D eigenvalue weighted by Gasteiger charge is -2.21. The van der Waals surface area contributed by atoms with Crippen molar-refractivity contribution in [2.75, 3.05) is 12.4 Å². The molecular weight excluding hydrogens is 376 g/mol. The van der Waals surface area contributed by atoms with Crippen LogP contribution in [0.3, 0.4) is 0 Å². The third-order valence-corrected chi connectivity index (χ3v) is 5.76. The lowest BCUT2D eigenvalue weighted by Crippen LogP contribution is -2.45. The van der Waals surface area contributed by atoms with Crippen molar-refractivity contribution in [3.8, 4) is 6.07 Å². The minimum atomic E-state index is -0.761. The van der Waals surface area contributed by atoms with Crippen LogP contribution in [-0.2, 0) is 14.3 Å². The highest BCUT2D eigenvalue weighted by Gasteiger charge is 2.35. The number of ketones is 1. The lowest BCUT2D eigenvalue weighted by molar-refractivity contribution is -0.129. The molecule has 1 aliphatic rings. The van der Waals surface area contributed by atoms with Gasteiger partial charge in [0, 0.05) is 10.3 Å². The summed E-state index contributed by atoms with van der Waals surface area (Å²) in [4.78, 5) is 37.2. The van der Waals surface area contributed by atoms with Crippen LogP contribution in [0.5, 0.6) is 0 Å². The number of thioether (sulfide) groups is 1. The van der Waals surface area contributed by atoms with Gasteiger partial charge in [-0.15, -0.1) is 11.8 Å². The number of ether oxygens (including phenoxy) is 1. The number of nitrogens with zero attached hydrogens (tertiary/aromatic N) is 1. The highest BCUT2D eigenvalue weighted by Crippen LogP contribution is 2.29. The summed E-state index contributed by atoms with van der Waals surface area (Å²) in [5.41, 5.74) is -1.02. The average molecular weight is 403 g/mol. The zero-order valence-electron chi connectivity index (χ0n) is 16.5. The lowest BCUT2D eigenvalue weighted by atomic mass is 9.91. The van der Waals surface area contributed by atoms with E-state index in [-0.39, 0.29) is 24.1 Å². The van der Waals surface area contributed by atoms with Gasteiger partial charge in [0.05, 0.1) is 17.4 Å².